The molecule has 0 saturated heterocycles. The molecule has 15 heavy (non-hydrogen) atoms. The Morgan fingerprint density at radius 3 is 3.00 bits per heavy atom. The van der Waals surface area contributed by atoms with E-state index in [0.717, 1.165) is 0 Å². The second-order valence-corrected chi connectivity index (χ2v) is 3.20. The van der Waals surface area contributed by atoms with Crippen LogP contribution >= 0.6 is 0 Å². The number of carbonyl (C=O) groups is 1. The lowest BCUT2D eigenvalue weighted by Crippen LogP contribution is -2.26. The minimum absolute atomic E-state index is 0.201. The van der Waals surface area contributed by atoms with Crippen molar-refractivity contribution in [2.24, 2.45) is 0 Å². The smallest absolute Gasteiger partial charge is 0.296 e. The van der Waals surface area contributed by atoms with Gasteiger partial charge in [-0.2, -0.15) is 0 Å². The summed E-state index contributed by atoms with van der Waals surface area (Å²) in [6.45, 7) is 1.23. The Morgan fingerprint density at radius 1 is 1.47 bits per heavy atom. The first kappa shape index (κ1) is 9.85. The number of aromatic hydroxyl groups is 1. The molecular formula is C9H10N2O4. The molecular weight excluding hydrogens is 200 g/mol. The van der Waals surface area contributed by atoms with Gasteiger partial charge in [0.05, 0.1) is 19.8 Å². The van der Waals surface area contributed by atoms with Crippen molar-refractivity contribution in [1.82, 2.24) is 9.55 Å². The van der Waals surface area contributed by atoms with E-state index in [9.17, 15) is 14.7 Å². The predicted octanol–water partition coefficient (Wildman–Crippen LogP) is -0.666. The molecule has 0 fully saturated rings. The second-order valence-electron chi connectivity index (χ2n) is 3.20. The maximum absolute atomic E-state index is 11.6. The van der Waals surface area contributed by atoms with E-state index in [1.807, 2.05) is 0 Å². The third kappa shape index (κ3) is 1.63. The molecule has 0 radical (unpaired) electrons. The molecule has 6 nitrogen and oxygen atoms in total. The van der Waals surface area contributed by atoms with Crippen molar-refractivity contribution in [2.45, 2.75) is 13.0 Å². The van der Waals surface area contributed by atoms with Gasteiger partial charge >= 0.3 is 0 Å². The third-order valence-electron chi connectivity index (χ3n) is 2.29. The van der Waals surface area contributed by atoms with Crippen LogP contribution in [0.15, 0.2) is 4.79 Å². The topological polar surface area (TPSA) is 81.4 Å². The van der Waals surface area contributed by atoms with Crippen molar-refractivity contribution >= 4 is 6.29 Å². The van der Waals surface area contributed by atoms with Gasteiger partial charge in [0.1, 0.15) is 5.82 Å². The van der Waals surface area contributed by atoms with Crippen LogP contribution in [0.5, 0.6) is 5.75 Å². The van der Waals surface area contributed by atoms with Crippen molar-refractivity contribution in [3.05, 3.63) is 21.9 Å². The molecule has 1 aromatic rings. The molecule has 1 N–H and O–H groups in total. The quantitative estimate of drug-likeness (QED) is 0.622. The standard InChI is InChI=1S/C9H10N2O4/c12-5-6-8(13)9(14)11-2-4-15-3-1-7(11)10-6/h5,13H,1-4H2. The van der Waals surface area contributed by atoms with E-state index in [4.69, 9.17) is 4.74 Å². The van der Waals surface area contributed by atoms with E-state index in [2.05, 4.69) is 4.98 Å². The van der Waals surface area contributed by atoms with Crippen LogP contribution in [0.1, 0.15) is 16.3 Å². The minimum Gasteiger partial charge on any atom is -0.501 e. The molecule has 0 atom stereocenters. The Kier molecular flexibility index (Phi) is 2.51. The van der Waals surface area contributed by atoms with E-state index in [-0.39, 0.29) is 5.69 Å². The first-order valence-electron chi connectivity index (χ1n) is 4.59. The van der Waals surface area contributed by atoms with Crippen molar-refractivity contribution in [2.75, 3.05) is 13.2 Å². The largest absolute Gasteiger partial charge is 0.501 e. The number of nitrogens with zero attached hydrogens (tertiary/aromatic N) is 2. The summed E-state index contributed by atoms with van der Waals surface area (Å²) >= 11 is 0. The van der Waals surface area contributed by atoms with Crippen molar-refractivity contribution < 1.29 is 14.6 Å². The zero-order chi connectivity index (χ0) is 10.8. The number of aldehydes is 1. The van der Waals surface area contributed by atoms with Crippen molar-refractivity contribution in [3.63, 3.8) is 0 Å². The highest BCUT2D eigenvalue weighted by molar-refractivity contribution is 5.75. The number of hydrogen-bond acceptors (Lipinski definition) is 5. The fourth-order valence-corrected chi connectivity index (χ4v) is 1.53. The molecule has 0 amide bonds. The van der Waals surface area contributed by atoms with Crippen LogP contribution in [0.3, 0.4) is 0 Å². The molecule has 1 aliphatic heterocycles. The first-order chi connectivity index (χ1) is 7.24. The van der Waals surface area contributed by atoms with Crippen LogP contribution in [0, 0.1) is 0 Å². The highest BCUT2D eigenvalue weighted by atomic mass is 16.5. The SMILES string of the molecule is O=Cc1nc2n(c(=O)c1O)CCOCC2. The summed E-state index contributed by atoms with van der Waals surface area (Å²) < 4.78 is 6.52. The van der Waals surface area contributed by atoms with Crippen LogP contribution in [0.2, 0.25) is 0 Å². The minimum atomic E-state index is -0.587. The van der Waals surface area contributed by atoms with Gasteiger partial charge in [0, 0.05) is 6.42 Å². The molecule has 0 aliphatic carbocycles. The van der Waals surface area contributed by atoms with Gasteiger partial charge in [-0.25, -0.2) is 4.98 Å². The maximum Gasteiger partial charge on any atom is 0.296 e. The zero-order valence-corrected chi connectivity index (χ0v) is 7.97. The van der Waals surface area contributed by atoms with E-state index >= 15 is 0 Å². The fourth-order valence-electron chi connectivity index (χ4n) is 1.53. The molecule has 1 aromatic heterocycles. The van der Waals surface area contributed by atoms with Crippen LogP contribution in [-0.2, 0) is 17.7 Å². The van der Waals surface area contributed by atoms with Gasteiger partial charge in [0.25, 0.3) is 5.56 Å². The summed E-state index contributed by atoms with van der Waals surface area (Å²) in [6, 6.07) is 0. The van der Waals surface area contributed by atoms with E-state index in [1.165, 1.54) is 4.57 Å². The number of carbonyl (C=O) groups excluding carboxylic acids is 1. The molecule has 0 bridgehead atoms. The molecule has 6 heteroatoms. The summed E-state index contributed by atoms with van der Waals surface area (Å²) in [7, 11) is 0. The second kappa shape index (κ2) is 3.82. The number of rotatable bonds is 1. The Morgan fingerprint density at radius 2 is 2.27 bits per heavy atom. The van der Waals surface area contributed by atoms with E-state index < -0.39 is 11.3 Å². The molecule has 1 aliphatic rings. The van der Waals surface area contributed by atoms with Gasteiger partial charge in [0.2, 0.25) is 5.75 Å². The zero-order valence-electron chi connectivity index (χ0n) is 7.97. The third-order valence-corrected chi connectivity index (χ3v) is 2.29. The lowest BCUT2D eigenvalue weighted by molar-refractivity contribution is 0.111. The summed E-state index contributed by atoms with van der Waals surface area (Å²) in [5.41, 5.74) is -0.777. The lowest BCUT2D eigenvalue weighted by atomic mass is 10.3. The fraction of sp³-hybridized carbons (Fsp3) is 0.444. The predicted molar refractivity (Wildman–Crippen MR) is 50.1 cm³/mol. The van der Waals surface area contributed by atoms with Gasteiger partial charge in [-0.3, -0.25) is 14.2 Å². The molecule has 0 spiro atoms. The first-order valence-corrected chi connectivity index (χ1v) is 4.59. The molecule has 80 valence electrons. The molecule has 2 heterocycles. The Bertz CT molecular complexity index is 452. The van der Waals surface area contributed by atoms with Gasteiger partial charge in [-0.1, -0.05) is 0 Å². The Balaban J connectivity index is 2.63. The molecule has 0 aromatic carbocycles. The summed E-state index contributed by atoms with van der Waals surface area (Å²) in [5.74, 6) is -0.104. The number of fused-ring (bicyclic) bond motifs is 1. The average molecular weight is 210 g/mol. The summed E-state index contributed by atoms with van der Waals surface area (Å²) in [5, 5.41) is 9.38. The van der Waals surface area contributed by atoms with Crippen molar-refractivity contribution in [3.8, 4) is 5.75 Å². The lowest BCUT2D eigenvalue weighted by Gasteiger charge is -2.08. The van der Waals surface area contributed by atoms with Crippen LogP contribution in [0.4, 0.5) is 0 Å². The van der Waals surface area contributed by atoms with Crippen molar-refractivity contribution in [1.29, 1.82) is 0 Å². The Labute approximate surface area is 85.1 Å². The van der Waals surface area contributed by atoms with Crippen LogP contribution in [-0.4, -0.2) is 34.2 Å². The molecule has 0 saturated carbocycles. The average Bonchev–Trinajstić information content (AvgIpc) is 2.48. The monoisotopic (exact) mass is 210 g/mol. The molecule has 0 unspecified atom stereocenters. The van der Waals surface area contributed by atoms with Gasteiger partial charge in [0.15, 0.2) is 12.0 Å². The highest BCUT2D eigenvalue weighted by Gasteiger charge is 2.16. The number of hydrogen-bond donors (Lipinski definition) is 1. The van der Waals surface area contributed by atoms with Gasteiger partial charge in [-0.15, -0.1) is 0 Å². The maximum atomic E-state index is 11.6. The molecule has 2 rings (SSSR count). The summed E-state index contributed by atoms with van der Waals surface area (Å²) in [4.78, 5) is 26.1. The summed E-state index contributed by atoms with van der Waals surface area (Å²) in [6.07, 6.45) is 0.847. The van der Waals surface area contributed by atoms with E-state index in [0.29, 0.717) is 38.3 Å². The number of aromatic nitrogens is 2. The van der Waals surface area contributed by atoms with Crippen LogP contribution in [0.25, 0.3) is 0 Å². The highest BCUT2D eigenvalue weighted by Crippen LogP contribution is 2.09. The normalized spacial score (nSPS) is 15.5. The Hall–Kier alpha value is -1.69. The van der Waals surface area contributed by atoms with Crippen LogP contribution < -0.4 is 5.56 Å². The van der Waals surface area contributed by atoms with Gasteiger partial charge < -0.3 is 9.84 Å². The number of ether oxygens (including phenoxy) is 1. The van der Waals surface area contributed by atoms with E-state index in [1.54, 1.807) is 0 Å². The van der Waals surface area contributed by atoms with Gasteiger partial charge in [-0.05, 0) is 0 Å².